The molecule has 0 spiro atoms. The molecule has 0 bridgehead atoms. The van der Waals surface area contributed by atoms with Crippen LogP contribution >= 0.6 is 23.2 Å². The van der Waals surface area contributed by atoms with Crippen molar-refractivity contribution in [1.29, 1.82) is 0 Å². The maximum atomic E-state index is 14.1. The molecule has 2 aliphatic rings. The van der Waals surface area contributed by atoms with E-state index >= 15 is 0 Å². The number of amides is 2. The summed E-state index contributed by atoms with van der Waals surface area (Å²) in [5, 5.41) is 7.35. The lowest BCUT2D eigenvalue weighted by molar-refractivity contribution is -0.0445. The maximum absolute atomic E-state index is 14.1. The van der Waals surface area contributed by atoms with Crippen molar-refractivity contribution in [2.75, 3.05) is 36.8 Å². The van der Waals surface area contributed by atoms with Crippen LogP contribution in [-0.4, -0.2) is 87.9 Å². The zero-order valence-corrected chi connectivity index (χ0v) is 34.0. The first-order valence-electron chi connectivity index (χ1n) is 19.0. The van der Waals surface area contributed by atoms with E-state index in [9.17, 15) is 70.3 Å². The lowest BCUT2D eigenvalue weighted by atomic mass is 10.0. The van der Waals surface area contributed by atoms with E-state index in [1.54, 1.807) is 0 Å². The highest BCUT2D eigenvalue weighted by Gasteiger charge is 2.46. The predicted octanol–water partition coefficient (Wildman–Crippen LogP) is 5.25. The minimum Gasteiger partial charge on any atom is -0.344 e. The van der Waals surface area contributed by atoms with Crippen LogP contribution in [0.15, 0.2) is 46.5 Å². The summed E-state index contributed by atoms with van der Waals surface area (Å²) in [6.07, 6.45) is 0.976. The number of hydrogen-bond acceptors (Lipinski definition) is 8. The lowest BCUT2D eigenvalue weighted by Crippen LogP contribution is -2.57. The molecule has 2 aromatic carbocycles. The van der Waals surface area contributed by atoms with Crippen molar-refractivity contribution in [1.82, 2.24) is 29.2 Å². The van der Waals surface area contributed by atoms with Gasteiger partial charge in [0.25, 0.3) is 23.7 Å². The number of alkyl halides is 4. The van der Waals surface area contributed by atoms with Crippen LogP contribution in [0.1, 0.15) is 37.9 Å². The van der Waals surface area contributed by atoms with Gasteiger partial charge in [0.2, 0.25) is 20.0 Å². The summed E-state index contributed by atoms with van der Waals surface area (Å²) < 4.78 is 214. The van der Waals surface area contributed by atoms with Crippen LogP contribution in [0.5, 0.6) is 0 Å². The molecule has 2 unspecified atom stereocenters. The van der Waals surface area contributed by atoms with Gasteiger partial charge in [0.05, 0.1) is 35.2 Å². The summed E-state index contributed by atoms with van der Waals surface area (Å²) in [7, 11) is -10.1. The molecule has 28 heteroatoms. The molecule has 2 aliphatic heterocycles. The molecule has 4 heterocycles. The van der Waals surface area contributed by atoms with Crippen molar-refractivity contribution in [2.45, 2.75) is 46.6 Å². The van der Waals surface area contributed by atoms with E-state index in [1.165, 1.54) is 0 Å². The molecule has 6 N–H and O–H groups in total. The van der Waals surface area contributed by atoms with Crippen LogP contribution in [0.3, 0.4) is 0 Å². The summed E-state index contributed by atoms with van der Waals surface area (Å²) in [6, 6.07) is -1.67. The van der Waals surface area contributed by atoms with Gasteiger partial charge in [-0.3, -0.25) is 9.59 Å². The Morgan fingerprint density at radius 1 is 0.677 bits per heavy atom. The fraction of sp³-hybridized carbons (Fsp3) is 0.353. The molecule has 6 rings (SSSR count). The first-order valence-corrected chi connectivity index (χ1v) is 20.9. The fourth-order valence-electron chi connectivity index (χ4n) is 5.90. The number of aromatic nitrogens is 2. The fourth-order valence-corrected chi connectivity index (χ4v) is 9.76. The van der Waals surface area contributed by atoms with Crippen LogP contribution < -0.4 is 30.7 Å². The second-order valence-corrected chi connectivity index (χ2v) is 17.5. The minimum atomic E-state index is -4.75. The summed E-state index contributed by atoms with van der Waals surface area (Å²) in [4.78, 5) is 23.6. The van der Waals surface area contributed by atoms with Gasteiger partial charge in [-0.2, -0.15) is 0 Å². The van der Waals surface area contributed by atoms with Gasteiger partial charge in [0.15, 0.2) is 34.9 Å². The number of hydrogen-bond donors (Lipinski definition) is 6. The van der Waals surface area contributed by atoms with E-state index in [4.69, 9.17) is 27.3 Å². The molecule has 2 saturated heterocycles. The first-order chi connectivity index (χ1) is 30.1. The number of sulfonamides is 2. The number of benzene rings is 2. The second kappa shape index (κ2) is 18.3. The monoisotopic (exact) mass is 975 g/mol. The van der Waals surface area contributed by atoms with Gasteiger partial charge in [0.1, 0.15) is 21.2 Å². The van der Waals surface area contributed by atoms with Gasteiger partial charge in [-0.1, -0.05) is 23.2 Å². The topological polar surface area (TPSA) is 184 Å². The van der Waals surface area contributed by atoms with Crippen LogP contribution in [0.25, 0.3) is 0 Å². The Morgan fingerprint density at radius 3 is 1.37 bits per heavy atom. The number of halogens is 12. The number of piperidine rings is 2. The van der Waals surface area contributed by atoms with Crippen LogP contribution in [0, 0.1) is 34.9 Å². The highest BCUT2D eigenvalue weighted by molar-refractivity contribution is 7.90. The number of rotatable bonds is 10. The number of carbonyl (C=O) groups excluding carboxylic acids is 2. The number of nitrogens with one attached hydrogen (secondary N) is 6. The van der Waals surface area contributed by atoms with E-state index in [1.807, 2.05) is 20.1 Å². The SMILES string of the molecule is [2H]C([2H])n1cc(S(=O)(=O)NC2CCNCC2(F)F)c(Cl)c1C(=O)Nc1cc(F)c(F)c(F)c1.[2H]Cn1cc(S(=O)(=O)NC2CCNCC2(F)F)c(Cl)c1C(=O)Nc1cc(F)c(F)c(F)c1. The maximum Gasteiger partial charge on any atom is 0.276 e. The molecule has 0 saturated carbocycles. The molecule has 14 nitrogen and oxygen atoms in total. The van der Waals surface area contributed by atoms with Crippen LogP contribution in [-0.2, 0) is 34.1 Å². The van der Waals surface area contributed by atoms with E-state index in [0.717, 1.165) is 10.8 Å². The Hall–Kier alpha value is -4.44. The lowest BCUT2D eigenvalue weighted by Gasteiger charge is -2.32. The summed E-state index contributed by atoms with van der Waals surface area (Å²) in [6.45, 7) is -3.27. The molecule has 2 amide bonds. The molecule has 0 radical (unpaired) electrons. The van der Waals surface area contributed by atoms with Gasteiger partial charge in [-0.05, 0) is 25.9 Å². The van der Waals surface area contributed by atoms with Crippen LogP contribution in [0.2, 0.25) is 10.0 Å². The molecule has 2 aromatic heterocycles. The van der Waals surface area contributed by atoms with Crippen molar-refractivity contribution >= 4 is 66.4 Å². The molecule has 340 valence electrons. The molecular weight excluding hydrogens is 941 g/mol. The molecule has 0 aliphatic carbocycles. The second-order valence-electron chi connectivity index (χ2n) is 13.4. The van der Waals surface area contributed by atoms with E-state index < -0.39 is 160 Å². The number of aryl methyl sites for hydroxylation is 2. The Labute approximate surface area is 359 Å². The van der Waals surface area contributed by atoms with Crippen molar-refractivity contribution in [3.8, 4) is 0 Å². The third-order valence-electron chi connectivity index (χ3n) is 8.97. The number of nitrogens with zero attached hydrogens (tertiary/aromatic N) is 2. The third kappa shape index (κ3) is 10.5. The van der Waals surface area contributed by atoms with Crippen LogP contribution in [0.4, 0.5) is 55.3 Å². The smallest absolute Gasteiger partial charge is 0.276 e. The third-order valence-corrected chi connectivity index (χ3v) is 12.9. The Kier molecular flexibility index (Phi) is 13.1. The van der Waals surface area contributed by atoms with E-state index in [2.05, 4.69) is 10.6 Å². The average Bonchev–Trinajstić information content (AvgIpc) is 3.75. The normalized spacial score (nSPS) is 19.5. The number of carbonyl (C=O) groups is 2. The first kappa shape index (κ1) is 44.2. The molecule has 4 aromatic rings. The van der Waals surface area contributed by atoms with Gasteiger partial charge in [-0.25, -0.2) is 70.2 Å². The standard InChI is InChI=1S/2C17H16ClF5N4O3S/c2*1-27-6-11(31(29,30)26-12-2-3-24-7-17(12,22)23)13(18)15(27)16(28)25-8-4-9(19)14(21)10(20)5-8/h2*4-6,12,24,26H,2-3,7H2,1H3,(H,25,28)/i1D2;1D. The molecule has 2 atom stereocenters. The Bertz CT molecular complexity index is 2670. The van der Waals surface area contributed by atoms with Gasteiger partial charge >= 0.3 is 0 Å². The van der Waals surface area contributed by atoms with Gasteiger partial charge in [0, 0.05) is 66.2 Å². The highest BCUT2D eigenvalue weighted by atomic mass is 35.5. The zero-order chi connectivity index (χ0) is 48.6. The van der Waals surface area contributed by atoms with Crippen molar-refractivity contribution < 1.29 is 74.4 Å². The minimum absolute atomic E-state index is 0.109. The highest BCUT2D eigenvalue weighted by Crippen LogP contribution is 2.33. The average molecular weight is 977 g/mol. The molecule has 62 heavy (non-hydrogen) atoms. The van der Waals surface area contributed by atoms with Gasteiger partial charge in [-0.15, -0.1) is 0 Å². The summed E-state index contributed by atoms with van der Waals surface area (Å²) in [5.74, 6) is -19.2. The summed E-state index contributed by atoms with van der Waals surface area (Å²) in [5.41, 5.74) is -2.42. The van der Waals surface area contributed by atoms with Gasteiger partial charge < -0.3 is 30.4 Å². The quantitative estimate of drug-likeness (QED) is 0.0921. The number of anilines is 2. The Morgan fingerprint density at radius 2 is 1.03 bits per heavy atom. The van der Waals surface area contributed by atoms with Crippen molar-refractivity contribution in [3.05, 3.63) is 93.0 Å². The van der Waals surface area contributed by atoms with Crippen molar-refractivity contribution in [3.63, 3.8) is 0 Å². The molecular formula is C34H32Cl2F10N8O6S2. The van der Waals surface area contributed by atoms with Crippen molar-refractivity contribution in [2.24, 2.45) is 14.0 Å². The van der Waals surface area contributed by atoms with E-state index in [0.29, 0.717) is 35.0 Å². The Balaban J connectivity index is 0.000000244. The molecule has 2 fully saturated rings. The van der Waals surface area contributed by atoms with E-state index in [-0.39, 0.29) is 25.9 Å². The summed E-state index contributed by atoms with van der Waals surface area (Å²) >= 11 is 12.1. The zero-order valence-electron chi connectivity index (χ0n) is 33.8. The predicted molar refractivity (Wildman–Crippen MR) is 202 cm³/mol. The largest absolute Gasteiger partial charge is 0.344 e.